The zero-order valence-electron chi connectivity index (χ0n) is 10.9. The maximum absolute atomic E-state index is 11.5. The molecule has 0 aliphatic rings. The number of carboxylic acid groups (broad SMARTS) is 1. The molecule has 1 aromatic carbocycles. The molecule has 2 rings (SSSR count). The Bertz CT molecular complexity index is 620. The number of hydrogen-bond donors (Lipinski definition) is 2. The molecule has 0 saturated carbocycles. The average Bonchev–Trinajstić information content (AvgIpc) is 2.89. The van der Waals surface area contributed by atoms with Crippen LogP contribution in [0.25, 0.3) is 10.6 Å². The highest BCUT2D eigenvalue weighted by Gasteiger charge is 2.10. The molecule has 2 aromatic rings. The van der Waals surface area contributed by atoms with Gasteiger partial charge in [-0.3, -0.25) is 4.79 Å². The largest absolute Gasteiger partial charge is 0.476 e. The lowest BCUT2D eigenvalue weighted by molar-refractivity contribution is -0.116. The highest BCUT2D eigenvalue weighted by Crippen LogP contribution is 2.25. The first-order chi connectivity index (χ1) is 9.60. The molecule has 0 radical (unpaired) electrons. The first kappa shape index (κ1) is 14.2. The van der Waals surface area contributed by atoms with Crippen LogP contribution in [0.1, 0.15) is 30.3 Å². The Hall–Kier alpha value is -2.21. The lowest BCUT2D eigenvalue weighted by Gasteiger charge is -2.04. The number of hydrogen-bond acceptors (Lipinski definition) is 4. The average molecular weight is 290 g/mol. The van der Waals surface area contributed by atoms with Crippen LogP contribution in [0.5, 0.6) is 0 Å². The number of aromatic nitrogens is 1. The van der Waals surface area contributed by atoms with Gasteiger partial charge in [-0.05, 0) is 30.7 Å². The van der Waals surface area contributed by atoms with Crippen molar-refractivity contribution in [2.45, 2.75) is 19.8 Å². The monoisotopic (exact) mass is 290 g/mol. The van der Waals surface area contributed by atoms with Crippen LogP contribution < -0.4 is 5.32 Å². The van der Waals surface area contributed by atoms with Crippen LogP contribution in [0.15, 0.2) is 29.6 Å². The molecule has 104 valence electrons. The molecule has 0 saturated heterocycles. The molecule has 5 nitrogen and oxygen atoms in total. The summed E-state index contributed by atoms with van der Waals surface area (Å²) >= 11 is 1.28. The topological polar surface area (TPSA) is 79.3 Å². The molecule has 2 N–H and O–H groups in total. The summed E-state index contributed by atoms with van der Waals surface area (Å²) in [5.74, 6) is -1.04. The zero-order valence-corrected chi connectivity index (χ0v) is 11.7. The maximum atomic E-state index is 11.5. The van der Waals surface area contributed by atoms with E-state index in [9.17, 15) is 9.59 Å². The first-order valence-corrected chi connectivity index (χ1v) is 7.07. The fourth-order valence-corrected chi connectivity index (χ4v) is 2.45. The number of rotatable bonds is 5. The van der Waals surface area contributed by atoms with Gasteiger partial charge < -0.3 is 10.4 Å². The second-order valence-electron chi connectivity index (χ2n) is 4.22. The van der Waals surface area contributed by atoms with E-state index in [1.54, 1.807) is 12.1 Å². The van der Waals surface area contributed by atoms with Crippen LogP contribution in [0.4, 0.5) is 5.69 Å². The summed E-state index contributed by atoms with van der Waals surface area (Å²) in [5, 5.41) is 13.8. The predicted molar refractivity (Wildman–Crippen MR) is 78.0 cm³/mol. The summed E-state index contributed by atoms with van der Waals surface area (Å²) in [6.07, 6.45) is 1.30. The Morgan fingerprint density at radius 3 is 2.55 bits per heavy atom. The second kappa shape index (κ2) is 6.29. The van der Waals surface area contributed by atoms with Gasteiger partial charge in [0.1, 0.15) is 5.01 Å². The van der Waals surface area contributed by atoms with Crippen molar-refractivity contribution in [1.82, 2.24) is 4.98 Å². The van der Waals surface area contributed by atoms with Gasteiger partial charge in [-0.2, -0.15) is 0 Å². The third-order valence-corrected chi connectivity index (χ3v) is 3.51. The van der Waals surface area contributed by atoms with Gasteiger partial charge in [0.25, 0.3) is 0 Å². The Morgan fingerprint density at radius 2 is 2.00 bits per heavy atom. The van der Waals surface area contributed by atoms with Gasteiger partial charge in [0.15, 0.2) is 5.69 Å². The minimum atomic E-state index is -1.03. The van der Waals surface area contributed by atoms with Crippen LogP contribution in [-0.4, -0.2) is 22.0 Å². The van der Waals surface area contributed by atoms with Crippen LogP contribution in [0, 0.1) is 0 Å². The standard InChI is InChI=1S/C14H14N2O3S/c1-2-3-12(17)15-10-6-4-9(5-7-10)13-16-11(8-20-13)14(18)19/h4-8H,2-3H2,1H3,(H,15,17)(H,18,19). The number of carboxylic acids is 1. The van der Waals surface area contributed by atoms with Crippen LogP contribution in [-0.2, 0) is 4.79 Å². The van der Waals surface area contributed by atoms with Crippen molar-refractivity contribution in [3.05, 3.63) is 35.3 Å². The zero-order chi connectivity index (χ0) is 14.5. The fourth-order valence-electron chi connectivity index (χ4n) is 1.65. The van der Waals surface area contributed by atoms with E-state index >= 15 is 0 Å². The number of benzene rings is 1. The Kier molecular flexibility index (Phi) is 4.47. The molecular formula is C14H14N2O3S. The summed E-state index contributed by atoms with van der Waals surface area (Å²) < 4.78 is 0. The van der Waals surface area contributed by atoms with E-state index in [0.29, 0.717) is 11.4 Å². The minimum Gasteiger partial charge on any atom is -0.476 e. The summed E-state index contributed by atoms with van der Waals surface area (Å²) in [5.41, 5.74) is 1.60. The molecule has 1 heterocycles. The predicted octanol–water partition coefficient (Wildman–Crippen LogP) is 3.25. The Balaban J connectivity index is 2.11. The highest BCUT2D eigenvalue weighted by molar-refractivity contribution is 7.13. The third-order valence-electron chi connectivity index (χ3n) is 2.62. The van der Waals surface area contributed by atoms with Gasteiger partial charge in [0.2, 0.25) is 5.91 Å². The normalized spacial score (nSPS) is 10.2. The first-order valence-electron chi connectivity index (χ1n) is 6.19. The van der Waals surface area contributed by atoms with Gasteiger partial charge in [0.05, 0.1) is 0 Å². The SMILES string of the molecule is CCCC(=O)Nc1ccc(-c2nc(C(=O)O)cs2)cc1. The molecule has 6 heteroatoms. The number of carbonyl (C=O) groups excluding carboxylic acids is 1. The molecule has 0 atom stereocenters. The van der Waals surface area contributed by atoms with E-state index in [2.05, 4.69) is 10.3 Å². The lowest BCUT2D eigenvalue weighted by Crippen LogP contribution is -2.10. The van der Waals surface area contributed by atoms with Crippen molar-refractivity contribution >= 4 is 28.9 Å². The van der Waals surface area contributed by atoms with Gasteiger partial charge >= 0.3 is 5.97 Å². The number of aromatic carboxylic acids is 1. The Labute approximate surface area is 120 Å². The summed E-state index contributed by atoms with van der Waals surface area (Å²) in [4.78, 5) is 26.3. The van der Waals surface area contributed by atoms with Crippen molar-refractivity contribution < 1.29 is 14.7 Å². The molecular weight excluding hydrogens is 276 g/mol. The molecule has 0 unspecified atom stereocenters. The molecule has 0 aliphatic heterocycles. The van der Waals surface area contributed by atoms with Crippen molar-refractivity contribution in [2.24, 2.45) is 0 Å². The van der Waals surface area contributed by atoms with Crippen LogP contribution in [0.2, 0.25) is 0 Å². The van der Waals surface area contributed by atoms with Crippen molar-refractivity contribution in [3.8, 4) is 10.6 Å². The van der Waals surface area contributed by atoms with Crippen LogP contribution >= 0.6 is 11.3 Å². The number of carbonyl (C=O) groups is 2. The quantitative estimate of drug-likeness (QED) is 0.886. The fraction of sp³-hybridized carbons (Fsp3) is 0.214. The van der Waals surface area contributed by atoms with Crippen molar-refractivity contribution in [3.63, 3.8) is 0 Å². The van der Waals surface area contributed by atoms with Crippen LogP contribution in [0.3, 0.4) is 0 Å². The van der Waals surface area contributed by atoms with Gasteiger partial charge in [-0.1, -0.05) is 6.92 Å². The Morgan fingerprint density at radius 1 is 1.30 bits per heavy atom. The highest BCUT2D eigenvalue weighted by atomic mass is 32.1. The van der Waals surface area contributed by atoms with Crippen molar-refractivity contribution in [1.29, 1.82) is 0 Å². The van der Waals surface area contributed by atoms with E-state index in [1.807, 2.05) is 19.1 Å². The van der Waals surface area contributed by atoms with Crippen molar-refractivity contribution in [2.75, 3.05) is 5.32 Å². The number of anilines is 1. The summed E-state index contributed by atoms with van der Waals surface area (Å²) in [6.45, 7) is 1.95. The lowest BCUT2D eigenvalue weighted by atomic mass is 10.2. The number of thiazole rings is 1. The molecule has 0 fully saturated rings. The number of nitrogens with zero attached hydrogens (tertiary/aromatic N) is 1. The number of amides is 1. The van der Waals surface area contributed by atoms with E-state index in [4.69, 9.17) is 5.11 Å². The molecule has 20 heavy (non-hydrogen) atoms. The number of nitrogens with one attached hydrogen (secondary N) is 1. The van der Waals surface area contributed by atoms with Gasteiger partial charge in [0, 0.05) is 23.1 Å². The molecule has 0 bridgehead atoms. The molecule has 1 aromatic heterocycles. The summed E-state index contributed by atoms with van der Waals surface area (Å²) in [6, 6.07) is 7.19. The molecule has 0 aliphatic carbocycles. The minimum absolute atomic E-state index is 0.0114. The van der Waals surface area contributed by atoms with Gasteiger partial charge in [-0.25, -0.2) is 9.78 Å². The third kappa shape index (κ3) is 3.42. The second-order valence-corrected chi connectivity index (χ2v) is 5.08. The maximum Gasteiger partial charge on any atom is 0.355 e. The molecule has 0 spiro atoms. The van der Waals surface area contributed by atoms with E-state index < -0.39 is 5.97 Å². The van der Waals surface area contributed by atoms with E-state index in [1.165, 1.54) is 16.7 Å². The summed E-state index contributed by atoms with van der Waals surface area (Å²) in [7, 11) is 0. The van der Waals surface area contributed by atoms with Gasteiger partial charge in [-0.15, -0.1) is 11.3 Å². The van der Waals surface area contributed by atoms with E-state index in [0.717, 1.165) is 17.7 Å². The smallest absolute Gasteiger partial charge is 0.355 e. The molecule has 1 amide bonds. The van der Waals surface area contributed by atoms with E-state index in [-0.39, 0.29) is 11.6 Å².